The molecule has 2 aromatic heterocycles. The summed E-state index contributed by atoms with van der Waals surface area (Å²) in [7, 11) is 0. The molecule has 0 unspecified atom stereocenters. The maximum absolute atomic E-state index is 13.2. The molecule has 0 bridgehead atoms. The van der Waals surface area contributed by atoms with Gasteiger partial charge < -0.3 is 5.32 Å². The van der Waals surface area contributed by atoms with Gasteiger partial charge in [0.15, 0.2) is 0 Å². The van der Waals surface area contributed by atoms with E-state index >= 15 is 0 Å². The summed E-state index contributed by atoms with van der Waals surface area (Å²) in [5.74, 6) is -2.33. The monoisotopic (exact) mass is 235 g/mol. The number of nitrogens with zero attached hydrogens (tertiary/aromatic N) is 2. The number of carbonyl (C=O) groups is 1. The van der Waals surface area contributed by atoms with Gasteiger partial charge >= 0.3 is 0 Å². The molecule has 0 aromatic carbocycles. The van der Waals surface area contributed by atoms with Gasteiger partial charge in [-0.3, -0.25) is 4.79 Å². The largest absolute Gasteiger partial charge is 0.306 e. The number of pyridine rings is 2. The SMILES string of the molecule is O=C(Nc1cccc(F)n1)c1cccnc1F. The Morgan fingerprint density at radius 1 is 1.18 bits per heavy atom. The van der Waals surface area contributed by atoms with Crippen LogP contribution in [0.2, 0.25) is 0 Å². The Morgan fingerprint density at radius 2 is 2.00 bits per heavy atom. The van der Waals surface area contributed by atoms with Crippen LogP contribution in [0.25, 0.3) is 0 Å². The molecule has 0 aliphatic rings. The van der Waals surface area contributed by atoms with Crippen molar-refractivity contribution in [3.8, 4) is 0 Å². The molecule has 0 radical (unpaired) electrons. The summed E-state index contributed by atoms with van der Waals surface area (Å²) in [6, 6.07) is 6.63. The summed E-state index contributed by atoms with van der Waals surface area (Å²) >= 11 is 0. The van der Waals surface area contributed by atoms with Gasteiger partial charge in [-0.2, -0.15) is 8.78 Å². The van der Waals surface area contributed by atoms with Crippen molar-refractivity contribution < 1.29 is 13.6 Å². The first-order valence-electron chi connectivity index (χ1n) is 4.71. The van der Waals surface area contributed by atoms with E-state index in [1.165, 1.54) is 30.5 Å². The van der Waals surface area contributed by atoms with Gasteiger partial charge in [-0.15, -0.1) is 0 Å². The number of carbonyl (C=O) groups excluding carboxylic acids is 1. The molecule has 0 saturated heterocycles. The van der Waals surface area contributed by atoms with Crippen molar-refractivity contribution in [1.29, 1.82) is 0 Å². The van der Waals surface area contributed by atoms with E-state index in [9.17, 15) is 13.6 Å². The van der Waals surface area contributed by atoms with Crippen LogP contribution in [0.15, 0.2) is 36.5 Å². The van der Waals surface area contributed by atoms with E-state index in [-0.39, 0.29) is 11.4 Å². The molecule has 2 aromatic rings. The van der Waals surface area contributed by atoms with E-state index in [0.29, 0.717) is 0 Å². The number of rotatable bonds is 2. The van der Waals surface area contributed by atoms with Crippen LogP contribution in [0.3, 0.4) is 0 Å². The van der Waals surface area contributed by atoms with Gasteiger partial charge in [0.1, 0.15) is 5.82 Å². The Bertz CT molecular complexity index is 560. The lowest BCUT2D eigenvalue weighted by Crippen LogP contribution is -2.15. The molecule has 0 saturated carbocycles. The molecular formula is C11H7F2N3O. The van der Waals surface area contributed by atoms with Gasteiger partial charge in [0.25, 0.3) is 5.91 Å². The first-order chi connectivity index (χ1) is 8.16. The highest BCUT2D eigenvalue weighted by atomic mass is 19.1. The quantitative estimate of drug-likeness (QED) is 0.810. The lowest BCUT2D eigenvalue weighted by molar-refractivity contribution is 0.102. The zero-order valence-electron chi connectivity index (χ0n) is 8.52. The van der Waals surface area contributed by atoms with Crippen LogP contribution in [-0.2, 0) is 0 Å². The first kappa shape index (κ1) is 11.1. The van der Waals surface area contributed by atoms with Crippen LogP contribution < -0.4 is 5.32 Å². The summed E-state index contributed by atoms with van der Waals surface area (Å²) in [5, 5.41) is 2.27. The normalized spacial score (nSPS) is 10.0. The molecule has 1 amide bonds. The fraction of sp³-hybridized carbons (Fsp3) is 0. The Labute approximate surface area is 95.3 Å². The predicted molar refractivity (Wildman–Crippen MR) is 56.3 cm³/mol. The summed E-state index contributed by atoms with van der Waals surface area (Å²) in [5.41, 5.74) is -0.224. The smallest absolute Gasteiger partial charge is 0.261 e. The topological polar surface area (TPSA) is 54.9 Å². The van der Waals surface area contributed by atoms with Gasteiger partial charge in [-0.1, -0.05) is 6.07 Å². The molecule has 1 N–H and O–H groups in total. The second-order valence-electron chi connectivity index (χ2n) is 3.14. The van der Waals surface area contributed by atoms with Crippen molar-refractivity contribution in [3.63, 3.8) is 0 Å². The first-order valence-corrected chi connectivity index (χ1v) is 4.71. The van der Waals surface area contributed by atoms with Crippen molar-refractivity contribution >= 4 is 11.7 Å². The second kappa shape index (κ2) is 4.65. The zero-order chi connectivity index (χ0) is 12.3. The number of nitrogens with one attached hydrogen (secondary N) is 1. The van der Waals surface area contributed by atoms with E-state index in [0.717, 1.165) is 6.07 Å². The highest BCUT2D eigenvalue weighted by Gasteiger charge is 2.12. The molecule has 0 fully saturated rings. The average molecular weight is 235 g/mol. The Morgan fingerprint density at radius 3 is 2.71 bits per heavy atom. The third kappa shape index (κ3) is 2.60. The van der Waals surface area contributed by atoms with Crippen LogP contribution in [0.4, 0.5) is 14.6 Å². The number of halogens is 2. The van der Waals surface area contributed by atoms with E-state index in [1.54, 1.807) is 0 Å². The fourth-order valence-corrected chi connectivity index (χ4v) is 1.22. The lowest BCUT2D eigenvalue weighted by atomic mass is 10.2. The van der Waals surface area contributed by atoms with Crippen LogP contribution in [0, 0.1) is 11.9 Å². The average Bonchev–Trinajstić information content (AvgIpc) is 2.29. The van der Waals surface area contributed by atoms with Gasteiger partial charge in [-0.25, -0.2) is 9.97 Å². The molecule has 2 heterocycles. The molecular weight excluding hydrogens is 228 g/mol. The molecule has 0 spiro atoms. The van der Waals surface area contributed by atoms with E-state index < -0.39 is 17.8 Å². The Hall–Kier alpha value is -2.37. The maximum atomic E-state index is 13.2. The molecule has 0 aliphatic carbocycles. The second-order valence-corrected chi connectivity index (χ2v) is 3.14. The minimum absolute atomic E-state index is 0.0123. The fourth-order valence-electron chi connectivity index (χ4n) is 1.22. The summed E-state index contributed by atoms with van der Waals surface area (Å²) in [4.78, 5) is 18.4. The van der Waals surface area contributed by atoms with Crippen LogP contribution >= 0.6 is 0 Å². The van der Waals surface area contributed by atoms with E-state index in [1.807, 2.05) is 0 Å². The molecule has 0 atom stereocenters. The van der Waals surface area contributed by atoms with Crippen molar-refractivity contribution in [1.82, 2.24) is 9.97 Å². The summed E-state index contributed by atoms with van der Waals surface area (Å²) in [6.45, 7) is 0. The molecule has 2 rings (SSSR count). The molecule has 0 aliphatic heterocycles. The van der Waals surface area contributed by atoms with Crippen molar-refractivity contribution in [3.05, 3.63) is 54.0 Å². The number of aromatic nitrogens is 2. The molecule has 86 valence electrons. The number of amides is 1. The summed E-state index contributed by atoms with van der Waals surface area (Å²) < 4.78 is 25.9. The third-order valence-corrected chi connectivity index (χ3v) is 1.96. The third-order valence-electron chi connectivity index (χ3n) is 1.96. The minimum atomic E-state index is -0.888. The van der Waals surface area contributed by atoms with Crippen LogP contribution in [0.5, 0.6) is 0 Å². The standard InChI is InChI=1S/C11H7F2N3O/c12-8-4-1-5-9(15-8)16-11(17)7-3-2-6-14-10(7)13/h1-6H,(H,15,16,17). The number of anilines is 1. The van der Waals surface area contributed by atoms with Gasteiger partial charge in [0, 0.05) is 6.20 Å². The molecule has 17 heavy (non-hydrogen) atoms. The van der Waals surface area contributed by atoms with Crippen molar-refractivity contribution in [2.24, 2.45) is 0 Å². The summed E-state index contributed by atoms with van der Waals surface area (Å²) in [6.07, 6.45) is 1.23. The number of hydrogen-bond donors (Lipinski definition) is 1. The van der Waals surface area contributed by atoms with E-state index in [2.05, 4.69) is 15.3 Å². The Kier molecular flexibility index (Phi) is 3.04. The highest BCUT2D eigenvalue weighted by molar-refractivity contribution is 6.03. The molecule has 4 nitrogen and oxygen atoms in total. The minimum Gasteiger partial charge on any atom is -0.306 e. The van der Waals surface area contributed by atoms with Gasteiger partial charge in [-0.05, 0) is 24.3 Å². The van der Waals surface area contributed by atoms with Crippen LogP contribution in [-0.4, -0.2) is 15.9 Å². The maximum Gasteiger partial charge on any atom is 0.261 e. The van der Waals surface area contributed by atoms with Crippen molar-refractivity contribution in [2.45, 2.75) is 0 Å². The van der Waals surface area contributed by atoms with Crippen molar-refractivity contribution in [2.75, 3.05) is 5.32 Å². The lowest BCUT2D eigenvalue weighted by Gasteiger charge is -2.04. The van der Waals surface area contributed by atoms with Gasteiger partial charge in [0.05, 0.1) is 5.56 Å². The number of hydrogen-bond acceptors (Lipinski definition) is 3. The van der Waals surface area contributed by atoms with E-state index in [4.69, 9.17) is 0 Å². The highest BCUT2D eigenvalue weighted by Crippen LogP contribution is 2.08. The van der Waals surface area contributed by atoms with Crippen LogP contribution in [0.1, 0.15) is 10.4 Å². The Balaban J connectivity index is 2.20. The predicted octanol–water partition coefficient (Wildman–Crippen LogP) is 2.01. The molecule has 6 heteroatoms. The van der Waals surface area contributed by atoms with Gasteiger partial charge in [0.2, 0.25) is 11.9 Å². The zero-order valence-corrected chi connectivity index (χ0v) is 8.52.